The van der Waals surface area contributed by atoms with Gasteiger partial charge in [-0.15, -0.1) is 0 Å². The van der Waals surface area contributed by atoms with Gasteiger partial charge in [0.05, 0.1) is 17.5 Å². The van der Waals surface area contributed by atoms with Gasteiger partial charge in [-0.05, 0) is 24.3 Å². The zero-order valence-corrected chi connectivity index (χ0v) is 16.9. The Morgan fingerprint density at radius 1 is 1.09 bits per heavy atom. The van der Waals surface area contributed by atoms with Gasteiger partial charge in [0.25, 0.3) is 11.5 Å². The van der Waals surface area contributed by atoms with E-state index in [9.17, 15) is 22.8 Å². The molecule has 2 aromatic heterocycles. The number of rotatable bonds is 4. The van der Waals surface area contributed by atoms with Crippen LogP contribution in [0.25, 0.3) is 11.3 Å². The van der Waals surface area contributed by atoms with E-state index in [2.05, 4.69) is 15.3 Å². The first-order valence-electron chi connectivity index (χ1n) is 10.0. The molecule has 7 nitrogen and oxygen atoms in total. The standard InChI is InChI=1S/C22H18F3N5O2/c1-29-19(31)7-18(12-4-5-26-8-17(12)25)27-22(29)28-20-14-9-30(10-15(14)20)21(32)13-6-11(23)2-3-16(13)24/h2-8,14-15,20H,9-10H2,1H3,(H,27,28)/t14-,15+,20?. The summed E-state index contributed by atoms with van der Waals surface area (Å²) < 4.78 is 42.8. The van der Waals surface area contributed by atoms with Gasteiger partial charge in [-0.25, -0.2) is 18.2 Å². The number of nitrogens with one attached hydrogen (secondary N) is 1. The zero-order valence-electron chi connectivity index (χ0n) is 16.9. The highest BCUT2D eigenvalue weighted by Crippen LogP contribution is 2.47. The van der Waals surface area contributed by atoms with Crippen LogP contribution in [-0.2, 0) is 7.05 Å². The van der Waals surface area contributed by atoms with Crippen molar-refractivity contribution in [3.05, 3.63) is 76.1 Å². The smallest absolute Gasteiger partial charge is 0.256 e. The van der Waals surface area contributed by atoms with E-state index in [1.165, 1.54) is 27.8 Å². The summed E-state index contributed by atoms with van der Waals surface area (Å²) in [5.74, 6) is -2.09. The lowest BCUT2D eigenvalue weighted by Crippen LogP contribution is -2.35. The van der Waals surface area contributed by atoms with Gasteiger partial charge in [-0.3, -0.25) is 19.1 Å². The van der Waals surface area contributed by atoms with Crippen molar-refractivity contribution in [3.8, 4) is 11.3 Å². The number of halogens is 3. The molecule has 164 valence electrons. The first-order chi connectivity index (χ1) is 15.3. The monoisotopic (exact) mass is 441 g/mol. The van der Waals surface area contributed by atoms with Gasteiger partial charge in [-0.2, -0.15) is 0 Å². The fourth-order valence-electron chi connectivity index (χ4n) is 4.28. The minimum Gasteiger partial charge on any atom is -0.352 e. The lowest BCUT2D eigenvalue weighted by molar-refractivity contribution is 0.0769. The number of pyridine rings is 1. The number of anilines is 1. The van der Waals surface area contributed by atoms with Crippen LogP contribution in [0.1, 0.15) is 10.4 Å². The quantitative estimate of drug-likeness (QED) is 0.673. The summed E-state index contributed by atoms with van der Waals surface area (Å²) in [7, 11) is 1.56. The van der Waals surface area contributed by atoms with Gasteiger partial charge in [-0.1, -0.05) is 0 Å². The number of likely N-dealkylation sites (tertiary alicyclic amines) is 1. The minimum atomic E-state index is -0.758. The van der Waals surface area contributed by atoms with Gasteiger partial charge >= 0.3 is 0 Å². The summed E-state index contributed by atoms with van der Waals surface area (Å²) in [4.78, 5) is 34.6. The molecule has 0 spiro atoms. The molecule has 2 aliphatic rings. The lowest BCUT2D eigenvalue weighted by atomic mass is 10.1. The molecule has 1 N–H and O–H groups in total. The Balaban J connectivity index is 1.31. The van der Waals surface area contributed by atoms with Crippen LogP contribution in [0, 0.1) is 29.3 Å². The first kappa shape index (κ1) is 20.2. The van der Waals surface area contributed by atoms with Crippen molar-refractivity contribution in [2.24, 2.45) is 18.9 Å². The highest BCUT2D eigenvalue weighted by Gasteiger charge is 2.57. The summed E-state index contributed by atoms with van der Waals surface area (Å²) in [5, 5.41) is 3.22. The number of piperidine rings is 1. The fraction of sp³-hybridized carbons (Fsp3) is 0.273. The molecule has 1 saturated carbocycles. The Hall–Kier alpha value is -3.69. The predicted molar refractivity (Wildman–Crippen MR) is 109 cm³/mol. The topological polar surface area (TPSA) is 80.1 Å². The second-order valence-corrected chi connectivity index (χ2v) is 8.05. The highest BCUT2D eigenvalue weighted by atomic mass is 19.1. The molecule has 3 atom stereocenters. The van der Waals surface area contributed by atoms with Crippen LogP contribution in [0.15, 0.2) is 47.5 Å². The van der Waals surface area contributed by atoms with E-state index in [0.29, 0.717) is 13.1 Å². The molecule has 1 aliphatic carbocycles. The van der Waals surface area contributed by atoms with Crippen LogP contribution in [0.3, 0.4) is 0 Å². The van der Waals surface area contributed by atoms with Crippen molar-refractivity contribution in [3.63, 3.8) is 0 Å². The van der Waals surface area contributed by atoms with Gasteiger partial charge in [0, 0.05) is 55.8 Å². The van der Waals surface area contributed by atoms with Crippen molar-refractivity contribution in [1.82, 2.24) is 19.4 Å². The zero-order chi connectivity index (χ0) is 22.6. The maximum absolute atomic E-state index is 14.1. The summed E-state index contributed by atoms with van der Waals surface area (Å²) in [6, 6.07) is 5.48. The van der Waals surface area contributed by atoms with Crippen LogP contribution in [-0.4, -0.2) is 44.5 Å². The Bertz CT molecular complexity index is 1280. The number of amides is 1. The maximum Gasteiger partial charge on any atom is 0.256 e. The van der Waals surface area contributed by atoms with Gasteiger partial charge in [0.2, 0.25) is 5.95 Å². The van der Waals surface area contributed by atoms with E-state index in [1.807, 2.05) is 0 Å². The molecule has 1 saturated heterocycles. The number of nitrogens with zero attached hydrogens (tertiary/aromatic N) is 4. The molecule has 2 fully saturated rings. The van der Waals surface area contributed by atoms with E-state index in [-0.39, 0.29) is 46.2 Å². The Kier molecular flexibility index (Phi) is 4.72. The minimum absolute atomic E-state index is 0.0351. The maximum atomic E-state index is 14.1. The van der Waals surface area contributed by atoms with Gasteiger partial charge < -0.3 is 10.2 Å². The van der Waals surface area contributed by atoms with E-state index in [0.717, 1.165) is 24.4 Å². The number of aromatic nitrogens is 3. The average Bonchev–Trinajstić information content (AvgIpc) is 3.20. The number of carbonyl (C=O) groups is 1. The third-order valence-electron chi connectivity index (χ3n) is 6.12. The van der Waals surface area contributed by atoms with Crippen LogP contribution in [0.5, 0.6) is 0 Å². The SMILES string of the molecule is Cn1c(NC2[C@H]3CN(C(=O)c4cc(F)ccc4F)C[C@@H]23)nc(-c2ccncc2F)cc1=O. The molecule has 1 aromatic carbocycles. The van der Waals surface area contributed by atoms with E-state index in [1.54, 1.807) is 7.05 Å². The molecule has 1 unspecified atom stereocenters. The first-order valence-corrected chi connectivity index (χ1v) is 10.0. The molecule has 32 heavy (non-hydrogen) atoms. The average molecular weight is 441 g/mol. The molecular weight excluding hydrogens is 423 g/mol. The van der Waals surface area contributed by atoms with E-state index >= 15 is 0 Å². The molecule has 3 aromatic rings. The van der Waals surface area contributed by atoms with Crippen LogP contribution in [0.2, 0.25) is 0 Å². The number of benzene rings is 1. The second kappa shape index (κ2) is 7.47. The summed E-state index contributed by atoms with van der Waals surface area (Å²) in [6.45, 7) is 0.757. The molecule has 5 rings (SSSR count). The van der Waals surface area contributed by atoms with Crippen molar-refractivity contribution in [2.45, 2.75) is 6.04 Å². The number of carbonyl (C=O) groups excluding carboxylic acids is 1. The van der Waals surface area contributed by atoms with Crippen LogP contribution >= 0.6 is 0 Å². The fourth-order valence-corrected chi connectivity index (χ4v) is 4.28. The van der Waals surface area contributed by atoms with Gasteiger partial charge in [0.1, 0.15) is 11.6 Å². The third kappa shape index (κ3) is 3.41. The van der Waals surface area contributed by atoms with Crippen molar-refractivity contribution in [1.29, 1.82) is 0 Å². The lowest BCUT2D eigenvalue weighted by Gasteiger charge is -2.21. The molecular formula is C22H18F3N5O2. The number of fused-ring (bicyclic) bond motifs is 1. The molecule has 0 radical (unpaired) electrons. The predicted octanol–water partition coefficient (Wildman–Crippen LogP) is 2.44. The van der Waals surface area contributed by atoms with E-state index in [4.69, 9.17) is 0 Å². The molecule has 10 heteroatoms. The van der Waals surface area contributed by atoms with Crippen molar-refractivity contribution < 1.29 is 18.0 Å². The Morgan fingerprint density at radius 3 is 2.56 bits per heavy atom. The van der Waals surface area contributed by atoms with E-state index < -0.39 is 23.4 Å². The van der Waals surface area contributed by atoms with Crippen molar-refractivity contribution in [2.75, 3.05) is 18.4 Å². The highest BCUT2D eigenvalue weighted by molar-refractivity contribution is 5.94. The second-order valence-electron chi connectivity index (χ2n) is 8.05. The number of hydrogen-bond donors (Lipinski definition) is 1. The summed E-state index contributed by atoms with van der Waals surface area (Å²) in [6.07, 6.45) is 2.48. The molecule has 1 aliphatic heterocycles. The Morgan fingerprint density at radius 2 is 1.84 bits per heavy atom. The summed E-state index contributed by atoms with van der Waals surface area (Å²) >= 11 is 0. The summed E-state index contributed by atoms with van der Waals surface area (Å²) in [5.41, 5.74) is -0.268. The largest absolute Gasteiger partial charge is 0.352 e. The third-order valence-corrected chi connectivity index (χ3v) is 6.12. The molecule has 0 bridgehead atoms. The number of hydrogen-bond acceptors (Lipinski definition) is 5. The Labute approximate surface area is 180 Å². The van der Waals surface area contributed by atoms with Gasteiger partial charge in [0.15, 0.2) is 5.82 Å². The molecule has 1 amide bonds. The normalized spacial score (nSPS) is 21.4. The van der Waals surface area contributed by atoms with Crippen LogP contribution < -0.4 is 10.9 Å². The van der Waals surface area contributed by atoms with Crippen LogP contribution in [0.4, 0.5) is 19.1 Å². The molecule has 3 heterocycles. The van der Waals surface area contributed by atoms with Crippen molar-refractivity contribution >= 4 is 11.9 Å².